The van der Waals surface area contributed by atoms with Crippen LogP contribution in [0.5, 0.6) is 0 Å². The van der Waals surface area contributed by atoms with Gasteiger partial charge in [0.2, 0.25) is 0 Å². The SMILES string of the molecule is C[Si](C)(C)COCn1c(=O)sc2cc([N+](=O)[O-])ccc21. The minimum atomic E-state index is -1.32. The molecule has 8 heteroatoms. The second-order valence-electron chi connectivity index (χ2n) is 5.74. The molecule has 0 atom stereocenters. The summed E-state index contributed by atoms with van der Waals surface area (Å²) < 4.78 is 7.74. The molecule has 2 aromatic rings. The second-order valence-corrected chi connectivity index (χ2v) is 12.1. The van der Waals surface area contributed by atoms with E-state index in [4.69, 9.17) is 4.74 Å². The van der Waals surface area contributed by atoms with Crippen LogP contribution in [0.25, 0.3) is 10.2 Å². The Morgan fingerprint density at radius 3 is 2.70 bits per heavy atom. The minimum Gasteiger partial charge on any atom is -0.364 e. The Balaban J connectivity index is 2.28. The summed E-state index contributed by atoms with van der Waals surface area (Å²) in [6, 6.07) is 4.43. The maximum Gasteiger partial charge on any atom is 0.310 e. The number of nitro groups is 1. The molecule has 0 saturated heterocycles. The number of nitro benzene ring substituents is 1. The maximum atomic E-state index is 11.9. The number of nitrogens with zero attached hydrogens (tertiary/aromatic N) is 2. The monoisotopic (exact) mass is 312 g/mol. The van der Waals surface area contributed by atoms with E-state index in [-0.39, 0.29) is 17.3 Å². The Labute approximate surface area is 120 Å². The van der Waals surface area contributed by atoms with Crippen molar-refractivity contribution in [1.82, 2.24) is 4.57 Å². The Bertz CT molecular complexity index is 702. The minimum absolute atomic E-state index is 0.00563. The van der Waals surface area contributed by atoms with Crippen LogP contribution in [-0.2, 0) is 11.5 Å². The summed E-state index contributed by atoms with van der Waals surface area (Å²) in [7, 11) is -1.32. The molecule has 0 N–H and O–H groups in total. The van der Waals surface area contributed by atoms with Gasteiger partial charge >= 0.3 is 4.87 Å². The topological polar surface area (TPSA) is 74.4 Å². The molecule has 0 aliphatic carbocycles. The summed E-state index contributed by atoms with van der Waals surface area (Å²) >= 11 is 1.00. The lowest BCUT2D eigenvalue weighted by molar-refractivity contribution is -0.384. The normalized spacial score (nSPS) is 11.9. The molecule has 0 amide bonds. The van der Waals surface area contributed by atoms with Crippen molar-refractivity contribution in [2.24, 2.45) is 0 Å². The van der Waals surface area contributed by atoms with Gasteiger partial charge in [-0.3, -0.25) is 19.5 Å². The van der Waals surface area contributed by atoms with Gasteiger partial charge in [-0.1, -0.05) is 31.0 Å². The lowest BCUT2D eigenvalue weighted by Crippen LogP contribution is -2.29. The molecule has 1 aromatic carbocycles. The number of benzene rings is 1. The molecular formula is C12H16N2O4SSi. The second kappa shape index (κ2) is 5.47. The predicted octanol–water partition coefficient (Wildman–Crippen LogP) is 2.82. The van der Waals surface area contributed by atoms with E-state index in [1.165, 1.54) is 16.7 Å². The Kier molecular flexibility index (Phi) is 4.07. The van der Waals surface area contributed by atoms with Gasteiger partial charge in [-0.2, -0.15) is 0 Å². The number of non-ortho nitro benzene ring substituents is 1. The number of hydrogen-bond acceptors (Lipinski definition) is 5. The molecule has 0 radical (unpaired) electrons. The van der Waals surface area contributed by atoms with E-state index in [9.17, 15) is 14.9 Å². The highest BCUT2D eigenvalue weighted by molar-refractivity contribution is 7.16. The van der Waals surface area contributed by atoms with E-state index in [0.29, 0.717) is 16.4 Å². The predicted molar refractivity (Wildman–Crippen MR) is 82.0 cm³/mol. The van der Waals surface area contributed by atoms with Gasteiger partial charge in [0.1, 0.15) is 6.73 Å². The first-order valence-electron chi connectivity index (χ1n) is 6.13. The average Bonchev–Trinajstić information content (AvgIpc) is 2.63. The number of fused-ring (bicyclic) bond motifs is 1. The van der Waals surface area contributed by atoms with Gasteiger partial charge in [0, 0.05) is 18.4 Å². The van der Waals surface area contributed by atoms with Crippen LogP contribution in [0.15, 0.2) is 23.0 Å². The van der Waals surface area contributed by atoms with Gasteiger partial charge in [-0.25, -0.2) is 0 Å². The molecule has 6 nitrogen and oxygen atoms in total. The summed E-state index contributed by atoms with van der Waals surface area (Å²) in [4.78, 5) is 22.0. The highest BCUT2D eigenvalue weighted by atomic mass is 32.1. The maximum absolute atomic E-state index is 11.9. The van der Waals surface area contributed by atoms with Gasteiger partial charge in [-0.15, -0.1) is 0 Å². The quantitative estimate of drug-likeness (QED) is 0.483. The molecule has 0 fully saturated rings. The Hall–Kier alpha value is -1.51. The zero-order valence-corrected chi connectivity index (χ0v) is 13.4. The molecule has 0 saturated carbocycles. The van der Waals surface area contributed by atoms with Gasteiger partial charge in [0.25, 0.3) is 5.69 Å². The van der Waals surface area contributed by atoms with E-state index in [1.54, 1.807) is 6.07 Å². The molecule has 1 heterocycles. The van der Waals surface area contributed by atoms with Crippen LogP contribution in [0.3, 0.4) is 0 Å². The van der Waals surface area contributed by atoms with Crippen LogP contribution < -0.4 is 4.87 Å². The van der Waals surface area contributed by atoms with Crippen LogP contribution >= 0.6 is 11.3 Å². The molecule has 0 unspecified atom stereocenters. The number of rotatable bonds is 5. The fourth-order valence-corrected chi connectivity index (χ4v) is 3.35. The largest absolute Gasteiger partial charge is 0.364 e. The zero-order chi connectivity index (χ0) is 14.9. The first-order valence-corrected chi connectivity index (χ1v) is 10.7. The molecule has 20 heavy (non-hydrogen) atoms. The fourth-order valence-electron chi connectivity index (χ4n) is 1.73. The van der Waals surface area contributed by atoms with E-state index in [0.717, 1.165) is 11.3 Å². The highest BCUT2D eigenvalue weighted by Crippen LogP contribution is 2.23. The first-order chi connectivity index (χ1) is 9.28. The van der Waals surface area contributed by atoms with Crippen molar-refractivity contribution in [2.75, 3.05) is 6.23 Å². The number of aromatic nitrogens is 1. The summed E-state index contributed by atoms with van der Waals surface area (Å²) in [5.74, 6) is 0. The summed E-state index contributed by atoms with van der Waals surface area (Å²) in [6.07, 6.45) is 0.670. The van der Waals surface area contributed by atoms with Crippen molar-refractivity contribution in [3.63, 3.8) is 0 Å². The number of hydrogen-bond donors (Lipinski definition) is 0. The van der Waals surface area contributed by atoms with Crippen molar-refractivity contribution in [3.8, 4) is 0 Å². The van der Waals surface area contributed by atoms with Crippen molar-refractivity contribution >= 4 is 35.3 Å². The molecule has 108 valence electrons. The third-order valence-corrected chi connectivity index (χ3v) is 4.63. The molecule has 2 rings (SSSR count). The van der Waals surface area contributed by atoms with E-state index >= 15 is 0 Å². The molecule has 0 aliphatic rings. The average molecular weight is 312 g/mol. The molecule has 0 bridgehead atoms. The Morgan fingerprint density at radius 2 is 2.10 bits per heavy atom. The molecule has 1 aromatic heterocycles. The highest BCUT2D eigenvalue weighted by Gasteiger charge is 2.15. The fraction of sp³-hybridized carbons (Fsp3) is 0.417. The van der Waals surface area contributed by atoms with Crippen LogP contribution in [0.2, 0.25) is 19.6 Å². The van der Waals surface area contributed by atoms with Crippen molar-refractivity contribution in [1.29, 1.82) is 0 Å². The van der Waals surface area contributed by atoms with Gasteiger partial charge < -0.3 is 4.74 Å². The number of thiazole rings is 1. The van der Waals surface area contributed by atoms with Crippen molar-refractivity contribution in [2.45, 2.75) is 26.4 Å². The zero-order valence-electron chi connectivity index (χ0n) is 11.6. The van der Waals surface area contributed by atoms with E-state index in [2.05, 4.69) is 19.6 Å². The van der Waals surface area contributed by atoms with Gasteiger partial charge in [0.05, 0.1) is 23.2 Å². The number of ether oxygens (including phenoxy) is 1. The third-order valence-electron chi connectivity index (χ3n) is 2.62. The van der Waals surface area contributed by atoms with Crippen molar-refractivity contribution < 1.29 is 9.66 Å². The first kappa shape index (κ1) is 14.9. The standard InChI is InChI=1S/C12H16N2O4SSi/c1-20(2,3)8-18-7-13-10-5-4-9(14(16)17)6-11(10)19-12(13)15/h4-6H,7-8H2,1-3H3. The third kappa shape index (κ3) is 3.32. The smallest absolute Gasteiger partial charge is 0.310 e. The van der Waals surface area contributed by atoms with E-state index < -0.39 is 13.0 Å². The molecule has 0 spiro atoms. The lowest BCUT2D eigenvalue weighted by atomic mass is 10.3. The van der Waals surface area contributed by atoms with Gasteiger partial charge in [0.15, 0.2) is 0 Å². The van der Waals surface area contributed by atoms with Crippen LogP contribution in [0.1, 0.15) is 0 Å². The van der Waals surface area contributed by atoms with E-state index in [1.807, 2.05) is 0 Å². The summed E-state index contributed by atoms with van der Waals surface area (Å²) in [6.45, 7) is 6.75. The van der Waals surface area contributed by atoms with Crippen molar-refractivity contribution in [3.05, 3.63) is 38.0 Å². The van der Waals surface area contributed by atoms with Crippen LogP contribution in [0, 0.1) is 10.1 Å². The van der Waals surface area contributed by atoms with Crippen LogP contribution in [-0.4, -0.2) is 23.8 Å². The molecule has 0 aliphatic heterocycles. The Morgan fingerprint density at radius 1 is 1.40 bits per heavy atom. The molecular weight excluding hydrogens is 296 g/mol. The van der Waals surface area contributed by atoms with Gasteiger partial charge in [-0.05, 0) is 6.07 Å². The summed E-state index contributed by atoms with van der Waals surface area (Å²) in [5, 5.41) is 10.7. The van der Waals surface area contributed by atoms with Crippen LogP contribution in [0.4, 0.5) is 5.69 Å². The summed E-state index contributed by atoms with van der Waals surface area (Å²) in [5.41, 5.74) is 0.676. The lowest BCUT2D eigenvalue weighted by Gasteiger charge is -2.15.